The van der Waals surface area contributed by atoms with Crippen LogP contribution in [0.25, 0.3) is 0 Å². The van der Waals surface area contributed by atoms with Gasteiger partial charge in [-0.3, -0.25) is 4.99 Å². The van der Waals surface area contributed by atoms with E-state index in [0.29, 0.717) is 24.6 Å². The molecular weight excluding hydrogens is 501 g/mol. The number of benzene rings is 2. The molecule has 2 rings (SSSR count). The van der Waals surface area contributed by atoms with Crippen molar-refractivity contribution in [3.8, 4) is 5.75 Å². The molecule has 2 aromatic rings. The normalized spacial score (nSPS) is 11.4. The summed E-state index contributed by atoms with van der Waals surface area (Å²) in [5.41, 5.74) is 4.02. The van der Waals surface area contributed by atoms with E-state index in [4.69, 9.17) is 0 Å². The first kappa shape index (κ1) is 26.1. The number of ether oxygens (including phenoxy) is 1. The lowest BCUT2D eigenvalue weighted by atomic mass is 10.1. The molecule has 0 spiro atoms. The monoisotopic (exact) mass is 532 g/mol. The van der Waals surface area contributed by atoms with Crippen LogP contribution in [0, 0.1) is 6.92 Å². The van der Waals surface area contributed by atoms with Gasteiger partial charge in [-0.1, -0.05) is 48.9 Å². The second kappa shape index (κ2) is 13.4. The zero-order valence-electron chi connectivity index (χ0n) is 17.9. The molecule has 0 aromatic heterocycles. The number of hydrogen-bond donors (Lipinski definition) is 2. The van der Waals surface area contributed by atoms with E-state index in [1.54, 1.807) is 19.2 Å². The standard InChI is InChI=1S/C22H30F2N4O.HI/c1-5-28(4)15-18-8-6-7-17(12-18)13-26-22(25-3)27-14-19-11-16(2)9-10-20(19)29-21(23)24;/h6-12,21H,5,13-15H2,1-4H3,(H2,25,26,27);1H. The van der Waals surface area contributed by atoms with Gasteiger partial charge in [0.2, 0.25) is 0 Å². The molecule has 166 valence electrons. The van der Waals surface area contributed by atoms with Crippen molar-refractivity contribution in [1.82, 2.24) is 15.5 Å². The highest BCUT2D eigenvalue weighted by Crippen LogP contribution is 2.22. The quantitative estimate of drug-likeness (QED) is 0.283. The van der Waals surface area contributed by atoms with E-state index < -0.39 is 6.61 Å². The Hall–Kier alpha value is -1.94. The van der Waals surface area contributed by atoms with E-state index in [1.807, 2.05) is 19.1 Å². The van der Waals surface area contributed by atoms with Crippen molar-refractivity contribution in [2.24, 2.45) is 4.99 Å². The predicted molar refractivity (Wildman–Crippen MR) is 129 cm³/mol. The molecule has 2 aromatic carbocycles. The third-order valence-electron chi connectivity index (χ3n) is 4.55. The molecule has 0 saturated heterocycles. The smallest absolute Gasteiger partial charge is 0.387 e. The molecule has 0 saturated carbocycles. The Morgan fingerprint density at radius 2 is 1.80 bits per heavy atom. The highest BCUT2D eigenvalue weighted by Gasteiger charge is 2.10. The van der Waals surface area contributed by atoms with E-state index in [0.717, 1.165) is 24.2 Å². The Morgan fingerprint density at radius 1 is 1.10 bits per heavy atom. The summed E-state index contributed by atoms with van der Waals surface area (Å²) in [7, 11) is 3.77. The van der Waals surface area contributed by atoms with Crippen LogP contribution in [0.4, 0.5) is 8.78 Å². The Morgan fingerprint density at radius 3 is 2.47 bits per heavy atom. The molecule has 2 N–H and O–H groups in total. The molecule has 0 unspecified atom stereocenters. The van der Waals surface area contributed by atoms with Crippen molar-refractivity contribution in [3.05, 3.63) is 64.7 Å². The first-order valence-electron chi connectivity index (χ1n) is 9.66. The number of aliphatic imine (C=N–C) groups is 1. The summed E-state index contributed by atoms with van der Waals surface area (Å²) < 4.78 is 29.9. The van der Waals surface area contributed by atoms with Crippen LogP contribution >= 0.6 is 24.0 Å². The van der Waals surface area contributed by atoms with Crippen LogP contribution in [0.3, 0.4) is 0 Å². The zero-order chi connectivity index (χ0) is 21.2. The van der Waals surface area contributed by atoms with Gasteiger partial charge in [-0.25, -0.2) is 0 Å². The largest absolute Gasteiger partial charge is 0.434 e. The lowest BCUT2D eigenvalue weighted by Gasteiger charge is -2.16. The number of guanidine groups is 1. The third-order valence-corrected chi connectivity index (χ3v) is 4.55. The van der Waals surface area contributed by atoms with E-state index >= 15 is 0 Å². The van der Waals surface area contributed by atoms with E-state index in [1.165, 1.54) is 5.56 Å². The van der Waals surface area contributed by atoms with Gasteiger partial charge in [-0.05, 0) is 37.7 Å². The van der Waals surface area contributed by atoms with E-state index in [-0.39, 0.29) is 29.7 Å². The summed E-state index contributed by atoms with van der Waals surface area (Å²) in [5.74, 6) is 0.756. The van der Waals surface area contributed by atoms with Crippen molar-refractivity contribution in [2.75, 3.05) is 20.6 Å². The lowest BCUT2D eigenvalue weighted by Crippen LogP contribution is -2.36. The molecule has 0 aliphatic carbocycles. The van der Waals surface area contributed by atoms with Crippen LogP contribution in [0.5, 0.6) is 5.75 Å². The summed E-state index contributed by atoms with van der Waals surface area (Å²) in [5, 5.41) is 6.42. The Balaban J connectivity index is 0.00000450. The maximum atomic E-state index is 12.6. The summed E-state index contributed by atoms with van der Waals surface area (Å²) in [6, 6.07) is 13.5. The molecule has 0 aliphatic rings. The Kier molecular flexibility index (Phi) is 11.6. The second-order valence-electron chi connectivity index (χ2n) is 6.92. The van der Waals surface area contributed by atoms with E-state index in [9.17, 15) is 8.78 Å². The molecule has 0 fully saturated rings. The second-order valence-corrected chi connectivity index (χ2v) is 6.92. The first-order valence-corrected chi connectivity index (χ1v) is 9.66. The van der Waals surface area contributed by atoms with Crippen molar-refractivity contribution >= 4 is 29.9 Å². The number of nitrogens with one attached hydrogen (secondary N) is 2. The zero-order valence-corrected chi connectivity index (χ0v) is 20.2. The number of rotatable bonds is 9. The number of alkyl halides is 2. The summed E-state index contributed by atoms with van der Waals surface area (Å²) in [4.78, 5) is 6.46. The van der Waals surface area contributed by atoms with Crippen molar-refractivity contribution < 1.29 is 13.5 Å². The van der Waals surface area contributed by atoms with Crippen LogP contribution in [-0.4, -0.2) is 38.1 Å². The maximum absolute atomic E-state index is 12.6. The van der Waals surface area contributed by atoms with Gasteiger partial charge in [0, 0.05) is 32.2 Å². The van der Waals surface area contributed by atoms with Gasteiger partial charge in [-0.2, -0.15) is 8.78 Å². The SMILES string of the molecule is CCN(C)Cc1cccc(CNC(=NC)NCc2cc(C)ccc2OC(F)F)c1.I. The van der Waals surface area contributed by atoms with Gasteiger partial charge in [0.25, 0.3) is 0 Å². The minimum absolute atomic E-state index is 0. The Bertz CT molecular complexity index is 817. The predicted octanol–water partition coefficient (Wildman–Crippen LogP) is 4.53. The molecule has 8 heteroatoms. The molecule has 0 aliphatic heterocycles. The summed E-state index contributed by atoms with van der Waals surface area (Å²) in [6.07, 6.45) is 0. The lowest BCUT2D eigenvalue weighted by molar-refractivity contribution is -0.0504. The molecule has 0 heterocycles. The van der Waals surface area contributed by atoms with Crippen LogP contribution in [0.1, 0.15) is 29.2 Å². The van der Waals surface area contributed by atoms with E-state index in [2.05, 4.69) is 57.4 Å². The number of halogens is 3. The minimum atomic E-state index is -2.85. The average Bonchev–Trinajstić information content (AvgIpc) is 2.69. The van der Waals surface area contributed by atoms with Crippen molar-refractivity contribution in [1.29, 1.82) is 0 Å². The fraction of sp³-hybridized carbons (Fsp3) is 0.409. The molecule has 5 nitrogen and oxygen atoms in total. The molecule has 0 radical (unpaired) electrons. The number of aryl methyl sites for hydroxylation is 1. The highest BCUT2D eigenvalue weighted by atomic mass is 127. The molecule has 0 bridgehead atoms. The maximum Gasteiger partial charge on any atom is 0.387 e. The summed E-state index contributed by atoms with van der Waals surface area (Å²) >= 11 is 0. The molecule has 0 amide bonds. The van der Waals surface area contributed by atoms with Gasteiger partial charge in [0.1, 0.15) is 5.75 Å². The summed E-state index contributed by atoms with van der Waals surface area (Å²) in [6.45, 7) is 4.02. The minimum Gasteiger partial charge on any atom is -0.434 e. The number of nitrogens with zero attached hydrogens (tertiary/aromatic N) is 2. The third kappa shape index (κ3) is 8.83. The van der Waals surface area contributed by atoms with Gasteiger partial charge in [0.15, 0.2) is 5.96 Å². The van der Waals surface area contributed by atoms with Gasteiger partial charge in [-0.15, -0.1) is 24.0 Å². The fourth-order valence-corrected chi connectivity index (χ4v) is 2.90. The fourth-order valence-electron chi connectivity index (χ4n) is 2.90. The van der Waals surface area contributed by atoms with Gasteiger partial charge >= 0.3 is 6.61 Å². The van der Waals surface area contributed by atoms with Crippen LogP contribution < -0.4 is 15.4 Å². The van der Waals surface area contributed by atoms with Crippen LogP contribution in [0.15, 0.2) is 47.5 Å². The van der Waals surface area contributed by atoms with Crippen molar-refractivity contribution in [2.45, 2.75) is 40.1 Å². The van der Waals surface area contributed by atoms with Gasteiger partial charge < -0.3 is 20.3 Å². The van der Waals surface area contributed by atoms with Crippen molar-refractivity contribution in [3.63, 3.8) is 0 Å². The molecule has 30 heavy (non-hydrogen) atoms. The first-order chi connectivity index (χ1) is 13.9. The van der Waals surface area contributed by atoms with Crippen LogP contribution in [-0.2, 0) is 19.6 Å². The molecule has 0 atom stereocenters. The van der Waals surface area contributed by atoms with Gasteiger partial charge in [0.05, 0.1) is 0 Å². The average molecular weight is 532 g/mol. The number of hydrogen-bond acceptors (Lipinski definition) is 3. The highest BCUT2D eigenvalue weighted by molar-refractivity contribution is 14.0. The Labute approximate surface area is 194 Å². The molecular formula is C22H31F2IN4O. The van der Waals surface area contributed by atoms with Crippen LogP contribution in [0.2, 0.25) is 0 Å². The topological polar surface area (TPSA) is 48.9 Å².